The Bertz CT molecular complexity index is 2690. The van der Waals surface area contributed by atoms with Gasteiger partial charge in [-0.1, -0.05) is 40.2 Å². The molecule has 4 aromatic heterocycles. The predicted molar refractivity (Wildman–Crippen MR) is 286 cm³/mol. The smallest absolute Gasteiger partial charge is 0.225 e. The first-order chi connectivity index (χ1) is 34.9. The number of nitrogens with zero attached hydrogens (tertiary/aromatic N) is 11. The summed E-state index contributed by atoms with van der Waals surface area (Å²) in [5.41, 5.74) is 11.9. The number of aliphatic hydroxyl groups is 2. The number of carbonyl (C=O) groups is 2. The average molecular weight is 1030 g/mol. The molecule has 376 valence electrons. The molecule has 0 atom stereocenters. The number of anilines is 4. The molecule has 2 amide bonds. The first-order valence-corrected chi connectivity index (χ1v) is 26.9. The van der Waals surface area contributed by atoms with Crippen LogP contribution in [0.5, 0.6) is 0 Å². The van der Waals surface area contributed by atoms with Gasteiger partial charge in [0.05, 0.1) is 35.6 Å². The number of piperazine rings is 4. The van der Waals surface area contributed by atoms with Crippen LogP contribution in [0.15, 0.2) is 97.6 Å². The lowest BCUT2D eigenvalue weighted by molar-refractivity contribution is -0.133. The van der Waals surface area contributed by atoms with E-state index in [2.05, 4.69) is 146 Å². The average Bonchev–Trinajstić information content (AvgIpc) is 4.38. The highest BCUT2D eigenvalue weighted by Crippen LogP contribution is 2.35. The zero-order chi connectivity index (χ0) is 48.7. The second-order valence-electron chi connectivity index (χ2n) is 19.5. The van der Waals surface area contributed by atoms with Gasteiger partial charge in [0.1, 0.15) is 0 Å². The summed E-state index contributed by atoms with van der Waals surface area (Å²) in [6, 6.07) is 26.4. The number of nitrogens with one attached hydrogen (secondary N) is 1. The molecule has 6 aliphatic rings. The maximum Gasteiger partial charge on any atom is 0.225 e. The number of benzene rings is 2. The van der Waals surface area contributed by atoms with Crippen LogP contribution in [0.3, 0.4) is 0 Å². The van der Waals surface area contributed by atoms with Gasteiger partial charge in [0.25, 0.3) is 0 Å². The van der Waals surface area contributed by atoms with E-state index < -0.39 is 0 Å². The molecule has 4 aliphatic heterocycles. The zero-order valence-electron chi connectivity index (χ0n) is 40.9. The number of β-amino-alcohol motifs (C(OH)–C–C–N with tert-alkyl or cyclic N) is 1. The fourth-order valence-corrected chi connectivity index (χ4v) is 10.4. The van der Waals surface area contributed by atoms with Crippen LogP contribution in [0, 0.1) is 11.8 Å². The topological polar surface area (TPSA) is 144 Å². The van der Waals surface area contributed by atoms with E-state index in [-0.39, 0.29) is 13.2 Å². The molecular weight excluding hydrogens is 961 g/mol. The second-order valence-corrected chi connectivity index (χ2v) is 20.3. The van der Waals surface area contributed by atoms with Gasteiger partial charge in [-0.25, -0.2) is 9.03 Å². The summed E-state index contributed by atoms with van der Waals surface area (Å²) < 4.78 is 3.96. The first-order valence-electron chi connectivity index (χ1n) is 25.8. The van der Waals surface area contributed by atoms with Gasteiger partial charge in [-0.2, -0.15) is 10.2 Å². The molecule has 8 heterocycles. The number of fused-ring (bicyclic) bond motifs is 2. The third-order valence-electron chi connectivity index (χ3n) is 14.8. The van der Waals surface area contributed by atoms with Crippen LogP contribution in [0.2, 0.25) is 0 Å². The van der Waals surface area contributed by atoms with Crippen LogP contribution in [-0.2, 0) is 9.59 Å². The minimum absolute atomic E-state index is 0.230. The zero-order valence-corrected chi connectivity index (χ0v) is 42.5. The minimum atomic E-state index is 0.230. The standard InChI is InChI=1S/C27H34N6O2.C25H30N6O.C2H5BrO/c34-18-17-29-9-11-30(12-10-29)24-5-3-21(4-6-24)23-19-26-25(7-8-28-33(26)20-23)31-13-15-32(16-14-31)27(35)22-1-2-22;32-25(20-1-2-20)30-15-13-29(14-16-30)23-7-8-27-31-18-21(17-24(23)31)19-3-5-22(6-4-19)28-11-9-26-10-12-28;3-1-2-4/h3-8,19-20,22,34H,1-2,9-18H2;3-8,17-18,20,26H,1-2,9-16H2;4H,1-2H2. The van der Waals surface area contributed by atoms with E-state index in [0.717, 1.165) is 154 Å². The molecule has 0 bridgehead atoms. The third-order valence-corrected chi connectivity index (χ3v) is 15.2. The van der Waals surface area contributed by atoms with Gasteiger partial charge in [-0.15, -0.1) is 0 Å². The number of alkyl halides is 1. The Morgan fingerprint density at radius 1 is 0.521 bits per heavy atom. The molecule has 0 radical (unpaired) electrons. The molecule has 17 heteroatoms. The summed E-state index contributed by atoms with van der Waals surface area (Å²) in [6.07, 6.45) is 12.3. The summed E-state index contributed by atoms with van der Waals surface area (Å²) in [7, 11) is 0. The van der Waals surface area contributed by atoms with Crippen molar-refractivity contribution in [3.05, 3.63) is 97.6 Å². The van der Waals surface area contributed by atoms with Crippen molar-refractivity contribution in [3.63, 3.8) is 0 Å². The number of aliphatic hydroxyl groups excluding tert-OH is 2. The molecule has 4 saturated heterocycles. The largest absolute Gasteiger partial charge is 0.396 e. The van der Waals surface area contributed by atoms with Gasteiger partial charge in [0.15, 0.2) is 0 Å². The summed E-state index contributed by atoms with van der Waals surface area (Å²) in [6.45, 7) is 16.1. The lowest BCUT2D eigenvalue weighted by Crippen LogP contribution is -2.49. The number of aromatic nitrogens is 4. The Labute approximate surface area is 425 Å². The highest BCUT2D eigenvalue weighted by Gasteiger charge is 2.36. The molecule has 2 aliphatic carbocycles. The normalized spacial score (nSPS) is 18.9. The van der Waals surface area contributed by atoms with E-state index in [1.54, 1.807) is 0 Å². The van der Waals surface area contributed by atoms with Gasteiger partial charge in [-0.05, 0) is 85.3 Å². The Morgan fingerprint density at radius 2 is 0.930 bits per heavy atom. The molecule has 2 saturated carbocycles. The maximum atomic E-state index is 12.4. The molecule has 6 fully saturated rings. The summed E-state index contributed by atoms with van der Waals surface area (Å²) in [4.78, 5) is 40.9. The van der Waals surface area contributed by atoms with Crippen molar-refractivity contribution >= 4 is 61.5 Å². The van der Waals surface area contributed by atoms with E-state index in [4.69, 9.17) is 10.2 Å². The number of amides is 2. The molecule has 12 rings (SSSR count). The quantitative estimate of drug-likeness (QED) is 0.150. The maximum absolute atomic E-state index is 12.4. The monoisotopic (exact) mass is 1030 g/mol. The fourth-order valence-electron chi connectivity index (χ4n) is 10.4. The van der Waals surface area contributed by atoms with Crippen molar-refractivity contribution < 1.29 is 19.8 Å². The molecule has 0 spiro atoms. The Hall–Kier alpha value is -5.72. The molecule has 0 unspecified atom stereocenters. The van der Waals surface area contributed by atoms with Gasteiger partial charge < -0.3 is 44.9 Å². The number of halogens is 1. The first kappa shape index (κ1) is 48.9. The van der Waals surface area contributed by atoms with Crippen molar-refractivity contribution in [2.75, 3.05) is 149 Å². The van der Waals surface area contributed by atoms with E-state index in [0.29, 0.717) is 29.0 Å². The Kier molecular flexibility index (Phi) is 15.7. The van der Waals surface area contributed by atoms with Gasteiger partial charge in [-0.3, -0.25) is 14.5 Å². The molecule has 3 N–H and O–H groups in total. The number of hydrogen-bond donors (Lipinski definition) is 3. The minimum Gasteiger partial charge on any atom is -0.396 e. The number of carbonyl (C=O) groups excluding carboxylic acids is 2. The third kappa shape index (κ3) is 11.7. The van der Waals surface area contributed by atoms with Crippen molar-refractivity contribution in [2.24, 2.45) is 11.8 Å². The Balaban J connectivity index is 0.000000153. The summed E-state index contributed by atoms with van der Waals surface area (Å²) >= 11 is 3.00. The van der Waals surface area contributed by atoms with E-state index in [1.165, 1.54) is 39.4 Å². The number of hydrogen-bond acceptors (Lipinski definition) is 12. The van der Waals surface area contributed by atoms with Gasteiger partial charge in [0, 0.05) is 176 Å². The summed E-state index contributed by atoms with van der Waals surface area (Å²) in [5.74, 6) is 1.31. The molecule has 71 heavy (non-hydrogen) atoms. The van der Waals surface area contributed by atoms with Crippen LogP contribution in [0.4, 0.5) is 22.7 Å². The van der Waals surface area contributed by atoms with Crippen molar-refractivity contribution in [3.8, 4) is 22.3 Å². The van der Waals surface area contributed by atoms with Crippen LogP contribution < -0.4 is 24.9 Å². The SMILES string of the molecule is O=C(C1CC1)N1CCN(c2ccnn3cc(-c4ccc(N5CCN(CCO)CC5)cc4)cc23)CC1.O=C(C1CC1)N1CCN(c2ccnn3cc(-c4ccc(N5CCNCC5)cc4)cc23)CC1.OCCBr. The van der Waals surface area contributed by atoms with Crippen molar-refractivity contribution in [2.45, 2.75) is 25.7 Å². The van der Waals surface area contributed by atoms with Crippen LogP contribution >= 0.6 is 15.9 Å². The lowest BCUT2D eigenvalue weighted by atomic mass is 10.1. The lowest BCUT2D eigenvalue weighted by Gasteiger charge is -2.36. The molecule has 2 aromatic carbocycles. The molecule has 16 nitrogen and oxygen atoms in total. The van der Waals surface area contributed by atoms with E-state index in [9.17, 15) is 9.59 Å². The van der Waals surface area contributed by atoms with E-state index >= 15 is 0 Å². The van der Waals surface area contributed by atoms with Gasteiger partial charge >= 0.3 is 0 Å². The summed E-state index contributed by atoms with van der Waals surface area (Å²) in [5, 5.41) is 30.2. The van der Waals surface area contributed by atoms with Crippen LogP contribution in [0.25, 0.3) is 33.3 Å². The Morgan fingerprint density at radius 3 is 1.32 bits per heavy atom. The van der Waals surface area contributed by atoms with Crippen LogP contribution in [0.1, 0.15) is 25.7 Å². The van der Waals surface area contributed by atoms with E-state index in [1.807, 2.05) is 26.3 Å². The second kappa shape index (κ2) is 22.8. The predicted octanol–water partition coefficient (Wildman–Crippen LogP) is 5.02. The van der Waals surface area contributed by atoms with Crippen molar-refractivity contribution in [1.29, 1.82) is 0 Å². The number of rotatable bonds is 11. The van der Waals surface area contributed by atoms with Crippen molar-refractivity contribution in [1.82, 2.24) is 39.2 Å². The molecule has 6 aromatic rings. The molecular formula is C54H69BrN12O4. The van der Waals surface area contributed by atoms with Gasteiger partial charge in [0.2, 0.25) is 11.8 Å². The highest BCUT2D eigenvalue weighted by molar-refractivity contribution is 9.09. The highest BCUT2D eigenvalue weighted by atomic mass is 79.9. The fraction of sp³-hybridized carbons (Fsp3) is 0.481. The van der Waals surface area contributed by atoms with Crippen LogP contribution in [-0.4, -0.2) is 186 Å².